The number of anilines is 6. The average molecular weight is 833 g/mol. The molecule has 0 aromatic heterocycles. The van der Waals surface area contributed by atoms with E-state index < -0.39 is 0 Å². The Morgan fingerprint density at radius 3 is 0.692 bits per heavy atom. The van der Waals surface area contributed by atoms with Crippen LogP contribution in [0.4, 0.5) is 34.1 Å². The summed E-state index contributed by atoms with van der Waals surface area (Å²) in [7, 11) is 0. The molecular formula is C63H48N2. The van der Waals surface area contributed by atoms with Crippen molar-refractivity contribution in [3.63, 3.8) is 0 Å². The first-order chi connectivity index (χ1) is 32.0. The fraction of sp³-hybridized carbons (Fsp3) is 0.0476. The van der Waals surface area contributed by atoms with Crippen molar-refractivity contribution >= 4 is 34.1 Å². The molecule has 0 atom stereocenters. The molecule has 10 aromatic rings. The van der Waals surface area contributed by atoms with Gasteiger partial charge in [-0.1, -0.05) is 196 Å². The Labute approximate surface area is 383 Å². The first-order valence-corrected chi connectivity index (χ1v) is 22.5. The van der Waals surface area contributed by atoms with Gasteiger partial charge in [0, 0.05) is 39.5 Å². The van der Waals surface area contributed by atoms with Gasteiger partial charge >= 0.3 is 0 Å². The molecule has 0 unspecified atom stereocenters. The Balaban J connectivity index is 0.979. The number of rotatable bonds is 10. The van der Waals surface area contributed by atoms with Crippen LogP contribution < -0.4 is 9.80 Å². The molecule has 0 fully saturated rings. The third-order valence-electron chi connectivity index (χ3n) is 13.1. The molecule has 0 N–H and O–H groups in total. The maximum atomic E-state index is 2.42. The molecule has 1 aliphatic carbocycles. The van der Waals surface area contributed by atoms with Crippen LogP contribution in [0.5, 0.6) is 0 Å². The number of benzene rings is 10. The highest BCUT2D eigenvalue weighted by molar-refractivity contribution is 5.89. The fourth-order valence-corrected chi connectivity index (χ4v) is 9.62. The van der Waals surface area contributed by atoms with E-state index in [1.807, 2.05) is 0 Å². The monoisotopic (exact) mass is 832 g/mol. The van der Waals surface area contributed by atoms with Crippen LogP contribution in [0.1, 0.15) is 25.0 Å². The lowest BCUT2D eigenvalue weighted by Gasteiger charge is -2.29. The Morgan fingerprint density at radius 1 is 0.231 bits per heavy atom. The summed E-state index contributed by atoms with van der Waals surface area (Å²) in [5, 5.41) is 0. The van der Waals surface area contributed by atoms with Gasteiger partial charge in [-0.3, -0.25) is 0 Å². The van der Waals surface area contributed by atoms with Crippen LogP contribution in [0.15, 0.2) is 255 Å². The Kier molecular flexibility index (Phi) is 10.3. The SMILES string of the molecule is CC1(C)c2cc(N(c3ccc(-c4ccccc4)cc3)c3ccc(-c4ccccc4)cc3)ccc2-c2ccc(N(c3ccc(-c4ccccc4)cc3)c3ccc(-c4ccccc4)cc3)cc21. The normalized spacial score (nSPS) is 12.3. The molecule has 310 valence electrons. The summed E-state index contributed by atoms with van der Waals surface area (Å²) in [6.45, 7) is 4.76. The van der Waals surface area contributed by atoms with Crippen molar-refractivity contribution in [3.8, 4) is 55.6 Å². The van der Waals surface area contributed by atoms with Crippen LogP contribution >= 0.6 is 0 Å². The van der Waals surface area contributed by atoms with Gasteiger partial charge in [0.15, 0.2) is 0 Å². The van der Waals surface area contributed by atoms with E-state index in [1.165, 1.54) is 66.8 Å². The van der Waals surface area contributed by atoms with Gasteiger partial charge in [-0.05, 0) is 140 Å². The number of nitrogens with zero attached hydrogens (tertiary/aromatic N) is 2. The van der Waals surface area contributed by atoms with E-state index in [0.717, 1.165) is 34.1 Å². The van der Waals surface area contributed by atoms with Crippen molar-refractivity contribution < 1.29 is 0 Å². The quantitative estimate of drug-likeness (QED) is 0.135. The topological polar surface area (TPSA) is 6.48 Å². The zero-order valence-electron chi connectivity index (χ0n) is 36.6. The van der Waals surface area contributed by atoms with Crippen LogP contribution in [0.3, 0.4) is 0 Å². The van der Waals surface area contributed by atoms with Gasteiger partial charge in [-0.25, -0.2) is 0 Å². The van der Waals surface area contributed by atoms with E-state index in [4.69, 9.17) is 0 Å². The van der Waals surface area contributed by atoms with Gasteiger partial charge in [0.25, 0.3) is 0 Å². The van der Waals surface area contributed by atoms with Crippen LogP contribution in [0.2, 0.25) is 0 Å². The maximum absolute atomic E-state index is 2.42. The van der Waals surface area contributed by atoms with Crippen LogP contribution in [-0.4, -0.2) is 0 Å². The molecule has 0 amide bonds. The Bertz CT molecular complexity index is 2830. The lowest BCUT2D eigenvalue weighted by Crippen LogP contribution is -2.17. The smallest absolute Gasteiger partial charge is 0.0465 e. The summed E-state index contributed by atoms with van der Waals surface area (Å²) in [5.74, 6) is 0. The van der Waals surface area contributed by atoms with E-state index in [2.05, 4.69) is 278 Å². The number of hydrogen-bond donors (Lipinski definition) is 0. The molecule has 2 heteroatoms. The van der Waals surface area contributed by atoms with Crippen molar-refractivity contribution in [2.24, 2.45) is 0 Å². The van der Waals surface area contributed by atoms with Crippen LogP contribution in [-0.2, 0) is 5.41 Å². The van der Waals surface area contributed by atoms with Crippen molar-refractivity contribution in [2.75, 3.05) is 9.80 Å². The molecule has 65 heavy (non-hydrogen) atoms. The second kappa shape index (κ2) is 16.8. The van der Waals surface area contributed by atoms with Crippen molar-refractivity contribution in [1.29, 1.82) is 0 Å². The van der Waals surface area contributed by atoms with E-state index in [0.29, 0.717) is 0 Å². The predicted molar refractivity (Wildman–Crippen MR) is 275 cm³/mol. The summed E-state index contributed by atoms with van der Waals surface area (Å²) >= 11 is 0. The summed E-state index contributed by atoms with van der Waals surface area (Å²) in [6.07, 6.45) is 0. The number of hydrogen-bond acceptors (Lipinski definition) is 2. The van der Waals surface area contributed by atoms with Gasteiger partial charge in [-0.15, -0.1) is 0 Å². The lowest BCUT2D eigenvalue weighted by molar-refractivity contribution is 0.660. The largest absolute Gasteiger partial charge is 0.310 e. The zero-order chi connectivity index (χ0) is 43.7. The third-order valence-corrected chi connectivity index (χ3v) is 13.1. The second-order valence-corrected chi connectivity index (χ2v) is 17.4. The minimum Gasteiger partial charge on any atom is -0.310 e. The van der Waals surface area contributed by atoms with E-state index in [9.17, 15) is 0 Å². The van der Waals surface area contributed by atoms with Gasteiger partial charge in [0.05, 0.1) is 0 Å². The first kappa shape index (κ1) is 39.6. The highest BCUT2D eigenvalue weighted by Crippen LogP contribution is 2.52. The molecule has 0 spiro atoms. The molecule has 0 saturated heterocycles. The lowest BCUT2D eigenvalue weighted by atomic mass is 9.82. The highest BCUT2D eigenvalue weighted by atomic mass is 15.1. The van der Waals surface area contributed by atoms with Gasteiger partial charge in [0.1, 0.15) is 0 Å². The predicted octanol–water partition coefficient (Wildman–Crippen LogP) is 17.6. The molecule has 0 heterocycles. The number of fused-ring (bicyclic) bond motifs is 3. The zero-order valence-corrected chi connectivity index (χ0v) is 36.6. The highest BCUT2D eigenvalue weighted by Gasteiger charge is 2.37. The second-order valence-electron chi connectivity index (χ2n) is 17.4. The van der Waals surface area contributed by atoms with E-state index >= 15 is 0 Å². The molecule has 1 aliphatic rings. The molecule has 10 aromatic carbocycles. The molecule has 11 rings (SSSR count). The minimum absolute atomic E-state index is 0.267. The molecular weight excluding hydrogens is 785 g/mol. The molecule has 0 saturated carbocycles. The Morgan fingerprint density at radius 2 is 0.446 bits per heavy atom. The molecule has 0 bridgehead atoms. The summed E-state index contributed by atoms with van der Waals surface area (Å²) in [4.78, 5) is 4.79. The summed E-state index contributed by atoms with van der Waals surface area (Å²) in [6, 6.07) is 92.4. The van der Waals surface area contributed by atoms with Crippen LogP contribution in [0.25, 0.3) is 55.6 Å². The summed E-state index contributed by atoms with van der Waals surface area (Å²) < 4.78 is 0. The van der Waals surface area contributed by atoms with Gasteiger partial charge < -0.3 is 9.80 Å². The van der Waals surface area contributed by atoms with Crippen molar-refractivity contribution in [3.05, 3.63) is 266 Å². The molecule has 0 aliphatic heterocycles. The standard InChI is InChI=1S/C63H48N2/c1-63(2)61-43-57(64(53-31-23-49(24-32-53)45-15-7-3-8-16-45)54-33-25-50(26-34-54)46-17-9-4-10-18-46)39-41-59(61)60-42-40-58(44-62(60)63)65(55-35-27-51(28-36-55)47-19-11-5-12-20-47)56-37-29-52(30-38-56)48-21-13-6-14-22-48/h3-44H,1-2H3. The van der Waals surface area contributed by atoms with Crippen LogP contribution in [0, 0.1) is 0 Å². The van der Waals surface area contributed by atoms with Crippen molar-refractivity contribution in [2.45, 2.75) is 19.3 Å². The van der Waals surface area contributed by atoms with E-state index in [1.54, 1.807) is 0 Å². The van der Waals surface area contributed by atoms with Gasteiger partial charge in [0.2, 0.25) is 0 Å². The van der Waals surface area contributed by atoms with Gasteiger partial charge in [-0.2, -0.15) is 0 Å². The maximum Gasteiger partial charge on any atom is 0.0465 e. The minimum atomic E-state index is -0.267. The first-order valence-electron chi connectivity index (χ1n) is 22.5. The Hall–Kier alpha value is -8.20. The average Bonchev–Trinajstić information content (AvgIpc) is 3.60. The fourth-order valence-electron chi connectivity index (χ4n) is 9.62. The van der Waals surface area contributed by atoms with Crippen molar-refractivity contribution in [1.82, 2.24) is 0 Å². The molecule has 2 nitrogen and oxygen atoms in total. The third kappa shape index (κ3) is 7.60. The van der Waals surface area contributed by atoms with E-state index in [-0.39, 0.29) is 5.41 Å². The summed E-state index contributed by atoms with van der Waals surface area (Å²) in [5.41, 5.74) is 21.3. The molecule has 0 radical (unpaired) electrons.